The SMILES string of the molecule is NC(=O)NCC#Cc1ccc2c(c1)[C@]1(C(=O)N2)[C@H](C(=O)Nc2ccc(N3CCOCC3)cc2)[C@H]2C(=O)O[C@H](c3ccccc3)[C@H](c3ccccc3)N2[C@@H]1c1ccc(O)cc1. The van der Waals surface area contributed by atoms with Gasteiger partial charge in [-0.15, -0.1) is 0 Å². The van der Waals surface area contributed by atoms with E-state index in [2.05, 4.69) is 32.7 Å². The van der Waals surface area contributed by atoms with Crippen molar-refractivity contribution in [3.05, 3.63) is 155 Å². The Balaban J connectivity index is 1.25. The number of rotatable bonds is 7. The van der Waals surface area contributed by atoms with Crippen molar-refractivity contribution in [2.75, 3.05) is 48.4 Å². The Morgan fingerprint density at radius 2 is 1.52 bits per heavy atom. The summed E-state index contributed by atoms with van der Waals surface area (Å²) >= 11 is 0. The first-order valence-corrected chi connectivity index (χ1v) is 19.8. The molecule has 5 aromatic rings. The number of esters is 1. The highest BCUT2D eigenvalue weighted by Crippen LogP contribution is 2.65. The molecule has 6 N–H and O–H groups in total. The lowest BCUT2D eigenvalue weighted by atomic mass is 9.65. The molecule has 4 aliphatic rings. The summed E-state index contributed by atoms with van der Waals surface area (Å²) in [4.78, 5) is 61.4. The molecule has 4 amide bonds. The van der Waals surface area contributed by atoms with Crippen molar-refractivity contribution >= 4 is 40.9 Å². The number of aromatic hydroxyl groups is 1. The predicted octanol–water partition coefficient (Wildman–Crippen LogP) is 5.16. The zero-order chi connectivity index (χ0) is 41.4. The van der Waals surface area contributed by atoms with Crippen molar-refractivity contribution in [2.24, 2.45) is 11.7 Å². The zero-order valence-electron chi connectivity index (χ0n) is 32.4. The number of morpholine rings is 2. The number of nitrogens with two attached hydrogens (primary N) is 1. The van der Waals surface area contributed by atoms with Crippen LogP contribution in [0.4, 0.5) is 21.9 Å². The smallest absolute Gasteiger partial charge is 0.324 e. The van der Waals surface area contributed by atoms with Gasteiger partial charge in [-0.1, -0.05) is 84.6 Å². The lowest BCUT2D eigenvalue weighted by Gasteiger charge is -2.46. The average Bonchev–Trinajstić information content (AvgIpc) is 3.75. The topological polar surface area (TPSA) is 176 Å². The summed E-state index contributed by atoms with van der Waals surface area (Å²) in [6.07, 6.45) is -0.831. The summed E-state index contributed by atoms with van der Waals surface area (Å²) in [6.45, 7) is 2.71. The van der Waals surface area contributed by atoms with Crippen molar-refractivity contribution in [3.63, 3.8) is 0 Å². The van der Waals surface area contributed by atoms with Gasteiger partial charge in [-0.3, -0.25) is 19.3 Å². The molecule has 0 radical (unpaired) electrons. The van der Waals surface area contributed by atoms with Gasteiger partial charge in [0.25, 0.3) is 0 Å². The molecule has 3 saturated heterocycles. The fourth-order valence-electron chi connectivity index (χ4n) is 9.40. The normalized spacial score (nSPS) is 24.3. The standard InChI is InChI=1S/C47H42N6O7/c48-46(58)49-23-7-8-29-13-22-37-36(28-29)47(45(57)51-37)38(43(55)50-33-16-18-34(19-17-33)52-24-26-59-27-25-52)40-44(56)60-41(31-11-5-2-6-12-31)39(30-9-3-1-4-10-30)53(40)42(47)32-14-20-35(54)21-15-32/h1-6,9-22,28,38-42,54H,23-27H2,(H,50,55)(H,51,57)(H3,48,49,58)/t38-,39-,40-,41+,42+,47-/m0/s1. The van der Waals surface area contributed by atoms with Crippen LogP contribution in [0.3, 0.4) is 0 Å². The van der Waals surface area contributed by atoms with Gasteiger partial charge in [0.15, 0.2) is 0 Å². The first-order chi connectivity index (χ1) is 29.2. The average molecular weight is 803 g/mol. The van der Waals surface area contributed by atoms with E-state index in [1.165, 1.54) is 12.1 Å². The maximum atomic E-state index is 15.4. The molecule has 302 valence electrons. The van der Waals surface area contributed by atoms with Crippen molar-refractivity contribution in [3.8, 4) is 17.6 Å². The molecule has 6 atom stereocenters. The van der Waals surface area contributed by atoms with E-state index in [1.807, 2.05) is 89.8 Å². The van der Waals surface area contributed by atoms with Crippen LogP contribution in [0.1, 0.15) is 46.0 Å². The maximum Gasteiger partial charge on any atom is 0.324 e. The Labute approximate surface area is 346 Å². The fraction of sp³-hybridized carbons (Fsp3) is 0.234. The number of ether oxygens (including phenoxy) is 2. The van der Waals surface area contributed by atoms with E-state index in [1.54, 1.807) is 30.3 Å². The second-order valence-corrected chi connectivity index (χ2v) is 15.2. The molecule has 0 unspecified atom stereocenters. The molecule has 60 heavy (non-hydrogen) atoms. The van der Waals surface area contributed by atoms with Crippen LogP contribution >= 0.6 is 0 Å². The minimum atomic E-state index is -1.75. The number of carbonyl (C=O) groups excluding carboxylic acids is 4. The summed E-state index contributed by atoms with van der Waals surface area (Å²) in [6, 6.07) is 34.7. The summed E-state index contributed by atoms with van der Waals surface area (Å²) in [5, 5.41) is 19.2. The predicted molar refractivity (Wildman–Crippen MR) is 224 cm³/mol. The molecule has 0 bridgehead atoms. The number of hydrogen-bond acceptors (Lipinski definition) is 9. The second kappa shape index (κ2) is 15.9. The third-order valence-corrected chi connectivity index (χ3v) is 11.9. The Bertz CT molecular complexity index is 2500. The third-order valence-electron chi connectivity index (χ3n) is 11.9. The molecule has 4 aliphatic heterocycles. The Morgan fingerprint density at radius 3 is 2.20 bits per heavy atom. The summed E-state index contributed by atoms with van der Waals surface area (Å²) in [7, 11) is 0. The molecule has 1 spiro atoms. The number of benzene rings is 5. The van der Waals surface area contributed by atoms with Crippen molar-refractivity contribution in [2.45, 2.75) is 29.6 Å². The van der Waals surface area contributed by atoms with Crippen LogP contribution in [0.2, 0.25) is 0 Å². The maximum absolute atomic E-state index is 15.4. The monoisotopic (exact) mass is 802 g/mol. The minimum absolute atomic E-state index is 0.00963. The van der Waals surface area contributed by atoms with Gasteiger partial charge in [-0.25, -0.2) is 4.79 Å². The highest BCUT2D eigenvalue weighted by atomic mass is 16.6. The van der Waals surface area contributed by atoms with E-state index in [9.17, 15) is 9.90 Å². The van der Waals surface area contributed by atoms with Crippen LogP contribution in [0.25, 0.3) is 0 Å². The number of cyclic esters (lactones) is 1. The molecule has 0 saturated carbocycles. The third kappa shape index (κ3) is 6.75. The van der Waals surface area contributed by atoms with Crippen LogP contribution in [-0.4, -0.2) is 72.7 Å². The van der Waals surface area contributed by atoms with Crippen LogP contribution in [0.5, 0.6) is 5.75 Å². The molecule has 5 aromatic carbocycles. The Morgan fingerprint density at radius 1 is 0.833 bits per heavy atom. The molecular weight excluding hydrogens is 761 g/mol. The number of carbonyl (C=O) groups is 4. The van der Waals surface area contributed by atoms with Crippen molar-refractivity contribution in [1.82, 2.24) is 10.2 Å². The van der Waals surface area contributed by atoms with E-state index >= 15 is 14.4 Å². The van der Waals surface area contributed by atoms with E-state index in [-0.39, 0.29) is 12.3 Å². The lowest BCUT2D eigenvalue weighted by Crippen LogP contribution is -2.53. The highest BCUT2D eigenvalue weighted by Gasteiger charge is 2.74. The van der Waals surface area contributed by atoms with Crippen LogP contribution in [0, 0.1) is 17.8 Å². The van der Waals surface area contributed by atoms with E-state index in [0.29, 0.717) is 41.3 Å². The van der Waals surface area contributed by atoms with Crippen molar-refractivity contribution in [1.29, 1.82) is 0 Å². The number of primary amides is 1. The molecule has 9 rings (SSSR count). The van der Waals surface area contributed by atoms with Gasteiger partial charge in [0, 0.05) is 35.7 Å². The summed E-state index contributed by atoms with van der Waals surface area (Å²) in [5.41, 5.74) is 8.54. The fourth-order valence-corrected chi connectivity index (χ4v) is 9.40. The van der Waals surface area contributed by atoms with E-state index in [4.69, 9.17) is 15.2 Å². The van der Waals surface area contributed by atoms with E-state index < -0.39 is 59.4 Å². The summed E-state index contributed by atoms with van der Waals surface area (Å²) < 4.78 is 12.0. The molecule has 13 nitrogen and oxygen atoms in total. The number of nitrogens with zero attached hydrogens (tertiary/aromatic N) is 2. The number of nitrogens with one attached hydrogen (secondary N) is 3. The number of urea groups is 1. The van der Waals surface area contributed by atoms with Gasteiger partial charge in [-0.05, 0) is 76.9 Å². The van der Waals surface area contributed by atoms with Gasteiger partial charge in [0.1, 0.15) is 23.3 Å². The van der Waals surface area contributed by atoms with Crippen molar-refractivity contribution < 1.29 is 33.8 Å². The first-order valence-electron chi connectivity index (χ1n) is 19.8. The number of amides is 4. The first kappa shape index (κ1) is 38.4. The molecule has 0 aromatic heterocycles. The Hall–Kier alpha value is -7.14. The highest BCUT2D eigenvalue weighted by molar-refractivity contribution is 6.13. The minimum Gasteiger partial charge on any atom is -0.508 e. The molecule has 4 heterocycles. The molecule has 3 fully saturated rings. The number of phenolic OH excluding ortho intramolecular Hbond substituents is 1. The number of anilines is 3. The van der Waals surface area contributed by atoms with Gasteiger partial charge in [0.05, 0.1) is 37.8 Å². The lowest BCUT2D eigenvalue weighted by molar-refractivity contribution is -0.177. The van der Waals surface area contributed by atoms with Crippen LogP contribution in [-0.2, 0) is 29.3 Å². The molecular formula is C47H42N6O7. The van der Waals surface area contributed by atoms with Gasteiger partial charge in [0.2, 0.25) is 11.8 Å². The Kier molecular flexibility index (Phi) is 10.2. The van der Waals surface area contributed by atoms with Gasteiger partial charge >= 0.3 is 12.0 Å². The number of fused-ring (bicyclic) bond motifs is 3. The van der Waals surface area contributed by atoms with Gasteiger partial charge < -0.3 is 41.2 Å². The number of hydrogen-bond donors (Lipinski definition) is 5. The molecule has 0 aliphatic carbocycles. The largest absolute Gasteiger partial charge is 0.508 e. The number of phenols is 1. The van der Waals surface area contributed by atoms with Gasteiger partial charge in [-0.2, -0.15) is 0 Å². The van der Waals surface area contributed by atoms with Crippen LogP contribution < -0.4 is 26.6 Å². The molecule has 13 heteroatoms. The zero-order valence-corrected chi connectivity index (χ0v) is 32.4. The van der Waals surface area contributed by atoms with Crippen LogP contribution in [0.15, 0.2) is 127 Å². The summed E-state index contributed by atoms with van der Waals surface area (Å²) in [5.74, 6) is 2.91. The quantitative estimate of drug-likeness (QED) is 0.110. The second-order valence-electron chi connectivity index (χ2n) is 15.2. The van der Waals surface area contributed by atoms with E-state index in [0.717, 1.165) is 29.9 Å².